The van der Waals surface area contributed by atoms with Crippen molar-refractivity contribution in [1.82, 2.24) is 10.4 Å². The van der Waals surface area contributed by atoms with Crippen molar-refractivity contribution in [3.63, 3.8) is 0 Å². The van der Waals surface area contributed by atoms with Crippen LogP contribution in [0.4, 0.5) is 4.79 Å². The SMILES string of the molecule is CC(C)COC(=O)NC1(C(=O)OC(c2ccccc2)c2ccccc2)OC(=O)C(N2CCCO2)C1=O. The maximum atomic E-state index is 13.7. The van der Waals surface area contributed by atoms with Crippen LogP contribution in [-0.4, -0.2) is 60.4 Å². The number of rotatable bonds is 8. The Morgan fingerprint density at radius 1 is 1.06 bits per heavy atom. The minimum Gasteiger partial charge on any atom is -0.449 e. The van der Waals surface area contributed by atoms with E-state index in [9.17, 15) is 19.2 Å². The molecule has 36 heavy (non-hydrogen) atoms. The van der Waals surface area contributed by atoms with Crippen LogP contribution in [0.25, 0.3) is 0 Å². The van der Waals surface area contributed by atoms with E-state index in [0.29, 0.717) is 24.2 Å². The second-order valence-corrected chi connectivity index (χ2v) is 8.92. The standard InChI is InChI=1S/C26H28N2O8/c1-17(2)16-33-25(32)27-26(22(29)20(23(30)36-26)28-14-9-15-34-28)24(31)35-21(18-10-5-3-6-11-18)19-12-7-4-8-13-19/h3-8,10-13,17,20-21H,9,14-16H2,1-2H3,(H,27,32). The van der Waals surface area contributed by atoms with Crippen molar-refractivity contribution in [3.05, 3.63) is 71.8 Å². The van der Waals surface area contributed by atoms with Crippen LogP contribution in [0.5, 0.6) is 0 Å². The molecule has 0 radical (unpaired) electrons. The lowest BCUT2D eigenvalue weighted by atomic mass is 10.0. The first-order valence-electron chi connectivity index (χ1n) is 11.7. The smallest absolute Gasteiger partial charge is 0.411 e. The number of ketones is 1. The Labute approximate surface area is 208 Å². The summed E-state index contributed by atoms with van der Waals surface area (Å²) in [5, 5.41) is 3.34. The lowest BCUT2D eigenvalue weighted by Gasteiger charge is -2.28. The number of alkyl carbamates (subject to hydrolysis) is 1. The lowest BCUT2D eigenvalue weighted by molar-refractivity contribution is -0.182. The molecule has 2 saturated heterocycles. The van der Waals surface area contributed by atoms with Crippen molar-refractivity contribution in [2.45, 2.75) is 38.1 Å². The van der Waals surface area contributed by atoms with E-state index in [1.54, 1.807) is 48.5 Å². The Bertz CT molecular complexity index is 1060. The largest absolute Gasteiger partial charge is 0.449 e. The first kappa shape index (κ1) is 25.3. The van der Waals surface area contributed by atoms with Crippen molar-refractivity contribution < 1.29 is 38.2 Å². The number of carbonyl (C=O) groups is 4. The number of ether oxygens (including phenoxy) is 3. The third kappa shape index (κ3) is 5.24. The third-order valence-corrected chi connectivity index (χ3v) is 5.68. The summed E-state index contributed by atoms with van der Waals surface area (Å²) >= 11 is 0. The molecule has 2 aliphatic rings. The molecule has 2 unspecified atom stereocenters. The van der Waals surface area contributed by atoms with Gasteiger partial charge in [0.1, 0.15) is 0 Å². The zero-order valence-electron chi connectivity index (χ0n) is 20.0. The van der Waals surface area contributed by atoms with E-state index >= 15 is 0 Å². The molecule has 0 spiro atoms. The monoisotopic (exact) mass is 496 g/mol. The molecular weight excluding hydrogens is 468 g/mol. The minimum absolute atomic E-state index is 0.00762. The highest BCUT2D eigenvalue weighted by molar-refractivity contribution is 6.22. The number of Topliss-reactive ketones (excluding diaryl/α,β-unsaturated/α-hetero) is 1. The molecular formula is C26H28N2O8. The fraction of sp³-hybridized carbons (Fsp3) is 0.385. The summed E-state index contributed by atoms with van der Waals surface area (Å²) in [7, 11) is 0. The van der Waals surface area contributed by atoms with Crippen molar-refractivity contribution >= 4 is 23.8 Å². The first-order chi connectivity index (χ1) is 17.3. The van der Waals surface area contributed by atoms with Gasteiger partial charge in [-0.2, -0.15) is 5.06 Å². The molecule has 2 aromatic carbocycles. The molecule has 10 nitrogen and oxygen atoms in total. The Hall–Kier alpha value is -3.76. The minimum atomic E-state index is -2.73. The number of cyclic esters (lactones) is 1. The van der Waals surface area contributed by atoms with E-state index in [1.807, 2.05) is 26.0 Å². The Balaban J connectivity index is 1.67. The molecule has 4 rings (SSSR count). The maximum absolute atomic E-state index is 13.7. The normalized spacial score (nSPS) is 22.1. The van der Waals surface area contributed by atoms with Crippen molar-refractivity contribution in [2.75, 3.05) is 19.8 Å². The summed E-state index contributed by atoms with van der Waals surface area (Å²) < 4.78 is 16.2. The van der Waals surface area contributed by atoms with Crippen LogP contribution in [-0.2, 0) is 33.4 Å². The van der Waals surface area contributed by atoms with Gasteiger partial charge in [0.15, 0.2) is 12.1 Å². The summed E-state index contributed by atoms with van der Waals surface area (Å²) in [6.07, 6.45) is -1.46. The molecule has 2 aliphatic heterocycles. The van der Waals surface area contributed by atoms with E-state index in [-0.39, 0.29) is 19.1 Å². The van der Waals surface area contributed by atoms with Crippen LogP contribution in [0.15, 0.2) is 60.7 Å². The van der Waals surface area contributed by atoms with E-state index in [1.165, 1.54) is 0 Å². The number of nitrogens with one attached hydrogen (secondary N) is 1. The molecule has 0 aliphatic carbocycles. The molecule has 190 valence electrons. The van der Waals surface area contributed by atoms with Crippen molar-refractivity contribution in [2.24, 2.45) is 5.92 Å². The number of nitrogens with zero attached hydrogens (tertiary/aromatic N) is 1. The summed E-state index contributed by atoms with van der Waals surface area (Å²) in [6, 6.07) is 16.2. The predicted molar refractivity (Wildman–Crippen MR) is 125 cm³/mol. The second kappa shape index (κ2) is 10.9. The van der Waals surface area contributed by atoms with Gasteiger partial charge in [0.25, 0.3) is 0 Å². The number of esters is 2. The van der Waals surface area contributed by atoms with E-state index in [2.05, 4.69) is 5.32 Å². The summed E-state index contributed by atoms with van der Waals surface area (Å²) in [5.41, 5.74) is -1.50. The zero-order valence-corrected chi connectivity index (χ0v) is 20.0. The molecule has 2 atom stereocenters. The van der Waals surface area contributed by atoms with Gasteiger partial charge in [0, 0.05) is 6.54 Å². The first-order valence-corrected chi connectivity index (χ1v) is 11.7. The number of amides is 1. The van der Waals surface area contributed by atoms with Crippen LogP contribution in [0.3, 0.4) is 0 Å². The molecule has 2 fully saturated rings. The van der Waals surface area contributed by atoms with Crippen LogP contribution in [0.2, 0.25) is 0 Å². The molecule has 0 bridgehead atoms. The molecule has 10 heteroatoms. The van der Waals surface area contributed by atoms with Gasteiger partial charge < -0.3 is 14.2 Å². The number of carbonyl (C=O) groups excluding carboxylic acids is 4. The quantitative estimate of drug-likeness (QED) is 0.334. The highest BCUT2D eigenvalue weighted by Gasteiger charge is 2.65. The fourth-order valence-corrected chi connectivity index (χ4v) is 3.95. The van der Waals surface area contributed by atoms with Crippen LogP contribution >= 0.6 is 0 Å². The van der Waals surface area contributed by atoms with Crippen LogP contribution in [0, 0.1) is 5.92 Å². The molecule has 0 saturated carbocycles. The van der Waals surface area contributed by atoms with Crippen LogP contribution < -0.4 is 5.32 Å². The number of benzene rings is 2. The van der Waals surface area contributed by atoms with Gasteiger partial charge in [-0.25, -0.2) is 14.4 Å². The number of hydrogen-bond acceptors (Lipinski definition) is 9. The number of hydroxylamine groups is 2. The average molecular weight is 497 g/mol. The van der Waals surface area contributed by atoms with Crippen molar-refractivity contribution in [1.29, 1.82) is 0 Å². The van der Waals surface area contributed by atoms with Gasteiger partial charge in [-0.05, 0) is 23.5 Å². The zero-order chi connectivity index (χ0) is 25.7. The highest BCUT2D eigenvalue weighted by Crippen LogP contribution is 2.32. The summed E-state index contributed by atoms with van der Waals surface area (Å²) in [5.74, 6) is -3.30. The molecule has 1 N–H and O–H groups in total. The van der Waals surface area contributed by atoms with Gasteiger partial charge in [0.05, 0.1) is 13.2 Å². The molecule has 1 amide bonds. The van der Waals surface area contributed by atoms with Gasteiger partial charge in [-0.15, -0.1) is 0 Å². The Morgan fingerprint density at radius 3 is 2.19 bits per heavy atom. The van der Waals surface area contributed by atoms with E-state index < -0.39 is 41.7 Å². The Kier molecular flexibility index (Phi) is 7.66. The predicted octanol–water partition coefficient (Wildman–Crippen LogP) is 2.53. The number of hydrogen-bond donors (Lipinski definition) is 1. The summed E-state index contributed by atoms with van der Waals surface area (Å²) in [6.45, 7) is 4.26. The second-order valence-electron chi connectivity index (χ2n) is 8.92. The topological polar surface area (TPSA) is 120 Å². The van der Waals surface area contributed by atoms with Gasteiger partial charge in [-0.1, -0.05) is 74.5 Å². The highest BCUT2D eigenvalue weighted by atomic mass is 16.7. The van der Waals surface area contributed by atoms with E-state index in [0.717, 1.165) is 5.06 Å². The van der Waals surface area contributed by atoms with Crippen molar-refractivity contribution in [3.8, 4) is 0 Å². The maximum Gasteiger partial charge on any atom is 0.411 e. The lowest BCUT2D eigenvalue weighted by Crippen LogP contribution is -2.62. The third-order valence-electron chi connectivity index (χ3n) is 5.68. The average Bonchev–Trinajstić information content (AvgIpc) is 3.48. The molecule has 2 aromatic rings. The molecule has 2 heterocycles. The van der Waals surface area contributed by atoms with Gasteiger partial charge in [0.2, 0.25) is 5.78 Å². The van der Waals surface area contributed by atoms with E-state index in [4.69, 9.17) is 19.0 Å². The molecule has 0 aromatic heterocycles. The van der Waals surface area contributed by atoms with Gasteiger partial charge >= 0.3 is 23.8 Å². The van der Waals surface area contributed by atoms with Crippen LogP contribution in [0.1, 0.15) is 37.5 Å². The Morgan fingerprint density at radius 2 is 1.67 bits per heavy atom. The summed E-state index contributed by atoms with van der Waals surface area (Å²) in [4.78, 5) is 58.0. The fourth-order valence-electron chi connectivity index (χ4n) is 3.95. The van der Waals surface area contributed by atoms with Gasteiger partial charge in [-0.3, -0.25) is 14.9 Å².